The molecule has 5 heteroatoms. The van der Waals surface area contributed by atoms with Crippen LogP contribution in [0.4, 0.5) is 0 Å². The second kappa shape index (κ2) is 9.92. The number of carbonyl (C=O) groups excluding carboxylic acids is 1. The number of benzene rings is 2. The van der Waals surface area contributed by atoms with Crippen molar-refractivity contribution in [2.24, 2.45) is 0 Å². The highest BCUT2D eigenvalue weighted by Crippen LogP contribution is 2.34. The van der Waals surface area contributed by atoms with Crippen molar-refractivity contribution >= 4 is 5.97 Å². The molecule has 0 amide bonds. The van der Waals surface area contributed by atoms with Crippen molar-refractivity contribution in [1.29, 1.82) is 0 Å². The summed E-state index contributed by atoms with van der Waals surface area (Å²) in [5.41, 5.74) is 2.88. The summed E-state index contributed by atoms with van der Waals surface area (Å²) < 4.78 is 10.3. The first-order valence-electron chi connectivity index (χ1n) is 10.4. The molecule has 0 radical (unpaired) electrons. The monoisotopic (exact) mass is 408 g/mol. The van der Waals surface area contributed by atoms with E-state index < -0.39 is 0 Å². The molecule has 1 aliphatic rings. The Kier molecular flexibility index (Phi) is 7.29. The zero-order valence-corrected chi connectivity index (χ0v) is 18.4. The van der Waals surface area contributed by atoms with Crippen molar-refractivity contribution in [3.05, 3.63) is 77.9 Å². The van der Waals surface area contributed by atoms with Gasteiger partial charge in [-0.15, -0.1) is 6.58 Å². The van der Waals surface area contributed by atoms with Gasteiger partial charge in [0.05, 0.1) is 25.8 Å². The number of hydrogen-bond donors (Lipinski definition) is 0. The fourth-order valence-electron chi connectivity index (χ4n) is 4.31. The predicted molar refractivity (Wildman–Crippen MR) is 120 cm³/mol. The Morgan fingerprint density at radius 3 is 2.47 bits per heavy atom. The van der Waals surface area contributed by atoms with Gasteiger partial charge in [0.15, 0.2) is 0 Å². The lowest BCUT2D eigenvalue weighted by molar-refractivity contribution is 0.0306. The van der Waals surface area contributed by atoms with Crippen LogP contribution >= 0.6 is 0 Å². The van der Waals surface area contributed by atoms with Crippen LogP contribution in [0.1, 0.15) is 41.4 Å². The fraction of sp³-hybridized carbons (Fsp3) is 0.400. The highest BCUT2D eigenvalue weighted by Gasteiger charge is 2.34. The van der Waals surface area contributed by atoms with Crippen molar-refractivity contribution in [2.45, 2.75) is 32.0 Å². The van der Waals surface area contributed by atoms with E-state index in [-0.39, 0.29) is 12.0 Å². The molecular formula is C25H32N2O3. The maximum absolute atomic E-state index is 11.9. The Hall–Kier alpha value is -2.63. The van der Waals surface area contributed by atoms with E-state index >= 15 is 0 Å². The second-order valence-corrected chi connectivity index (χ2v) is 7.93. The van der Waals surface area contributed by atoms with Crippen molar-refractivity contribution < 1.29 is 14.3 Å². The smallest absolute Gasteiger partial charge is 0.337 e. The summed E-state index contributed by atoms with van der Waals surface area (Å²) in [5, 5.41) is 0. The van der Waals surface area contributed by atoms with Gasteiger partial charge in [-0.3, -0.25) is 9.80 Å². The molecule has 0 unspecified atom stereocenters. The first kappa shape index (κ1) is 22.1. The molecule has 0 aromatic heterocycles. The van der Waals surface area contributed by atoms with Crippen LogP contribution in [0, 0.1) is 0 Å². The summed E-state index contributed by atoms with van der Waals surface area (Å²) in [6, 6.07) is 16.8. The molecule has 1 fully saturated rings. The molecule has 0 saturated carbocycles. The molecule has 2 aromatic rings. The van der Waals surface area contributed by atoms with Crippen LogP contribution in [0.3, 0.4) is 0 Å². The summed E-state index contributed by atoms with van der Waals surface area (Å²) in [5.74, 6) is 0.522. The van der Waals surface area contributed by atoms with Gasteiger partial charge in [0.2, 0.25) is 0 Å². The van der Waals surface area contributed by atoms with Crippen LogP contribution < -0.4 is 4.74 Å². The topological polar surface area (TPSA) is 42.0 Å². The van der Waals surface area contributed by atoms with E-state index in [0.29, 0.717) is 17.6 Å². The van der Waals surface area contributed by atoms with Crippen molar-refractivity contribution in [3.8, 4) is 5.75 Å². The van der Waals surface area contributed by atoms with Gasteiger partial charge in [-0.1, -0.05) is 30.3 Å². The number of esters is 1. The summed E-state index contributed by atoms with van der Waals surface area (Å²) in [6.45, 7) is 11.3. The zero-order chi connectivity index (χ0) is 21.7. The van der Waals surface area contributed by atoms with Gasteiger partial charge in [-0.2, -0.15) is 0 Å². The van der Waals surface area contributed by atoms with E-state index in [4.69, 9.17) is 9.47 Å². The van der Waals surface area contributed by atoms with Gasteiger partial charge >= 0.3 is 5.97 Å². The third-order valence-electron chi connectivity index (χ3n) is 5.92. The summed E-state index contributed by atoms with van der Waals surface area (Å²) in [7, 11) is 3.10. The van der Waals surface area contributed by atoms with Crippen molar-refractivity contribution in [2.75, 3.05) is 33.9 Å². The van der Waals surface area contributed by atoms with Crippen LogP contribution in [-0.4, -0.2) is 61.7 Å². The summed E-state index contributed by atoms with van der Waals surface area (Å²) in [6.07, 6.45) is 1.98. The van der Waals surface area contributed by atoms with E-state index in [9.17, 15) is 4.79 Å². The van der Waals surface area contributed by atoms with Gasteiger partial charge in [0.25, 0.3) is 0 Å². The standard InChI is InChI=1S/C25H32N2O3/c1-6-14-26-16-19(3)27(17-18(26)2)24(22-8-7-9-23(15-22)29-4)20-10-12-21(13-11-20)25(28)30-5/h6-13,15,18-19,24H,1,14,16-17H2,2-5H3/t18-,19+,24-/m1/s1. The average molecular weight is 409 g/mol. The number of rotatable bonds is 7. The quantitative estimate of drug-likeness (QED) is 0.509. The minimum absolute atomic E-state index is 0.0649. The Bertz CT molecular complexity index is 865. The number of nitrogens with zero attached hydrogens (tertiary/aromatic N) is 2. The maximum Gasteiger partial charge on any atom is 0.337 e. The Balaban J connectivity index is 1.99. The molecule has 1 saturated heterocycles. The first-order valence-corrected chi connectivity index (χ1v) is 10.4. The molecule has 160 valence electrons. The lowest BCUT2D eigenvalue weighted by Gasteiger charge is -2.47. The van der Waals surface area contributed by atoms with Crippen molar-refractivity contribution in [1.82, 2.24) is 9.80 Å². The third-order valence-corrected chi connectivity index (χ3v) is 5.92. The molecule has 3 atom stereocenters. The van der Waals surface area contributed by atoms with Gasteiger partial charge in [-0.05, 0) is 49.2 Å². The number of piperazine rings is 1. The second-order valence-electron chi connectivity index (χ2n) is 7.93. The summed E-state index contributed by atoms with van der Waals surface area (Å²) in [4.78, 5) is 16.9. The molecule has 1 heterocycles. The van der Waals surface area contributed by atoms with Crippen LogP contribution in [0.5, 0.6) is 5.75 Å². The minimum atomic E-state index is -0.320. The number of ether oxygens (including phenoxy) is 2. The van der Waals surface area contributed by atoms with E-state index in [1.165, 1.54) is 12.7 Å². The van der Waals surface area contributed by atoms with Gasteiger partial charge in [-0.25, -0.2) is 4.79 Å². The zero-order valence-electron chi connectivity index (χ0n) is 18.4. The van der Waals surface area contributed by atoms with Crippen molar-refractivity contribution in [3.63, 3.8) is 0 Å². The first-order chi connectivity index (χ1) is 14.5. The van der Waals surface area contributed by atoms with E-state index in [1.807, 2.05) is 42.5 Å². The molecular weight excluding hydrogens is 376 g/mol. The predicted octanol–water partition coefficient (Wildman–Crippen LogP) is 4.15. The van der Waals surface area contributed by atoms with Crippen LogP contribution in [0.15, 0.2) is 61.2 Å². The maximum atomic E-state index is 11.9. The largest absolute Gasteiger partial charge is 0.497 e. The molecule has 0 spiro atoms. The average Bonchev–Trinajstić information content (AvgIpc) is 2.77. The molecule has 1 aliphatic heterocycles. The number of methoxy groups -OCH3 is 2. The Labute approximate surface area is 179 Å². The molecule has 5 nitrogen and oxygen atoms in total. The number of hydrogen-bond acceptors (Lipinski definition) is 5. The van der Waals surface area contributed by atoms with E-state index in [0.717, 1.165) is 30.9 Å². The molecule has 30 heavy (non-hydrogen) atoms. The highest BCUT2D eigenvalue weighted by molar-refractivity contribution is 5.89. The van der Waals surface area contributed by atoms with Crippen LogP contribution in [-0.2, 0) is 4.74 Å². The number of carbonyl (C=O) groups is 1. The van der Waals surface area contributed by atoms with Crippen LogP contribution in [0.25, 0.3) is 0 Å². The Morgan fingerprint density at radius 1 is 1.10 bits per heavy atom. The van der Waals surface area contributed by atoms with Gasteiger partial charge in [0.1, 0.15) is 5.75 Å². The highest BCUT2D eigenvalue weighted by atomic mass is 16.5. The molecule has 0 bridgehead atoms. The SMILES string of the molecule is C=CCN1C[C@H](C)N([C@H](c2ccc(C(=O)OC)cc2)c2cccc(OC)c2)C[C@H]1C. The van der Waals surface area contributed by atoms with Crippen LogP contribution in [0.2, 0.25) is 0 Å². The molecule has 0 aliphatic carbocycles. The molecule has 0 N–H and O–H groups in total. The Morgan fingerprint density at radius 2 is 1.83 bits per heavy atom. The van der Waals surface area contributed by atoms with E-state index in [2.05, 4.69) is 42.4 Å². The lowest BCUT2D eigenvalue weighted by Crippen LogP contribution is -2.57. The molecule has 2 aromatic carbocycles. The normalized spacial score (nSPS) is 21.1. The van der Waals surface area contributed by atoms with Gasteiger partial charge < -0.3 is 9.47 Å². The molecule has 3 rings (SSSR count). The third kappa shape index (κ3) is 4.74. The minimum Gasteiger partial charge on any atom is -0.497 e. The van der Waals surface area contributed by atoms with Gasteiger partial charge in [0, 0.05) is 31.7 Å². The summed E-state index contributed by atoms with van der Waals surface area (Å²) >= 11 is 0. The fourth-order valence-corrected chi connectivity index (χ4v) is 4.31. The van der Waals surface area contributed by atoms with E-state index in [1.54, 1.807) is 7.11 Å². The lowest BCUT2D eigenvalue weighted by atomic mass is 9.93.